The highest BCUT2D eigenvalue weighted by Crippen LogP contribution is 2.18. The normalized spacial score (nSPS) is 11.1. The van der Waals surface area contributed by atoms with E-state index < -0.39 is 5.60 Å². The molecule has 0 unspecified atom stereocenters. The van der Waals surface area contributed by atoms with Crippen LogP contribution in [0.5, 0.6) is 0 Å². The predicted molar refractivity (Wildman–Crippen MR) is 69.6 cm³/mol. The SMILES string of the molecule is CCCc1ccc(C(=O)OC(C)(C)C)cc1[NH+]=[N-]. The van der Waals surface area contributed by atoms with Gasteiger partial charge in [0.15, 0.2) is 5.69 Å². The van der Waals surface area contributed by atoms with Gasteiger partial charge in [0.25, 0.3) is 0 Å². The topological polar surface area (TPSA) is 62.6 Å². The number of rotatable bonds is 4. The first-order valence-corrected chi connectivity index (χ1v) is 6.13. The third kappa shape index (κ3) is 3.95. The molecule has 0 radical (unpaired) electrons. The molecule has 4 nitrogen and oxygen atoms in total. The number of hydrogen-bond acceptors (Lipinski definition) is 2. The van der Waals surface area contributed by atoms with Crippen molar-refractivity contribution in [2.24, 2.45) is 0 Å². The van der Waals surface area contributed by atoms with Gasteiger partial charge in [0.1, 0.15) is 5.60 Å². The first-order chi connectivity index (χ1) is 8.37. The summed E-state index contributed by atoms with van der Waals surface area (Å²) in [4.78, 5) is 11.9. The molecular weight excluding hydrogens is 228 g/mol. The summed E-state index contributed by atoms with van der Waals surface area (Å²) in [6, 6.07) is 5.17. The van der Waals surface area contributed by atoms with Gasteiger partial charge in [0.05, 0.1) is 5.56 Å². The lowest BCUT2D eigenvalue weighted by atomic mass is 10.0. The zero-order chi connectivity index (χ0) is 13.8. The molecule has 1 aromatic carbocycles. The van der Waals surface area contributed by atoms with Crippen LogP contribution in [0.25, 0.3) is 5.53 Å². The van der Waals surface area contributed by atoms with E-state index in [0.717, 1.165) is 18.4 Å². The molecule has 0 saturated heterocycles. The molecule has 0 saturated carbocycles. The number of nitrogens with zero attached hydrogens (tertiary/aromatic N) is 1. The first-order valence-electron chi connectivity index (χ1n) is 6.13. The maximum absolute atomic E-state index is 11.9. The minimum absolute atomic E-state index is 0.387. The second kappa shape index (κ2) is 5.76. The molecule has 1 N–H and O–H groups in total. The molecule has 0 bridgehead atoms. The summed E-state index contributed by atoms with van der Waals surface area (Å²) in [6.07, 6.45) is 1.82. The Morgan fingerprint density at radius 2 is 2.06 bits per heavy atom. The summed E-state index contributed by atoms with van der Waals surface area (Å²) in [5, 5.41) is 2.13. The van der Waals surface area contributed by atoms with Gasteiger partial charge >= 0.3 is 5.97 Å². The second-order valence-corrected chi connectivity index (χ2v) is 5.24. The van der Waals surface area contributed by atoms with Crippen molar-refractivity contribution in [1.82, 2.24) is 0 Å². The van der Waals surface area contributed by atoms with E-state index in [2.05, 4.69) is 12.0 Å². The number of benzene rings is 1. The van der Waals surface area contributed by atoms with E-state index in [1.807, 2.05) is 26.8 Å². The number of aryl methyl sites for hydroxylation is 1. The van der Waals surface area contributed by atoms with Crippen LogP contribution in [0.4, 0.5) is 5.69 Å². The van der Waals surface area contributed by atoms with Crippen LogP contribution >= 0.6 is 0 Å². The minimum Gasteiger partial charge on any atom is -0.502 e. The molecule has 0 amide bonds. The van der Waals surface area contributed by atoms with Crippen molar-refractivity contribution >= 4 is 11.7 Å². The van der Waals surface area contributed by atoms with Gasteiger partial charge in [-0.05, 0) is 33.3 Å². The van der Waals surface area contributed by atoms with Gasteiger partial charge < -0.3 is 10.3 Å². The summed E-state index contributed by atoms with van der Waals surface area (Å²) in [5.74, 6) is -0.387. The third-order valence-corrected chi connectivity index (χ3v) is 2.38. The Bertz CT molecular complexity index is 448. The molecule has 1 aromatic rings. The quantitative estimate of drug-likeness (QED) is 0.656. The zero-order valence-electron chi connectivity index (χ0n) is 11.4. The lowest BCUT2D eigenvalue weighted by molar-refractivity contribution is -0.380. The fourth-order valence-electron chi connectivity index (χ4n) is 1.63. The molecule has 0 atom stereocenters. The number of carbonyl (C=O) groups is 1. The maximum atomic E-state index is 11.9. The van der Waals surface area contributed by atoms with E-state index in [-0.39, 0.29) is 5.97 Å². The Kier molecular flexibility index (Phi) is 4.59. The minimum atomic E-state index is -0.522. The molecule has 0 spiro atoms. The van der Waals surface area contributed by atoms with Crippen molar-refractivity contribution in [3.8, 4) is 0 Å². The number of nitrogens with one attached hydrogen (secondary N) is 1. The van der Waals surface area contributed by atoms with Crippen LogP contribution < -0.4 is 5.11 Å². The van der Waals surface area contributed by atoms with E-state index in [0.29, 0.717) is 11.3 Å². The van der Waals surface area contributed by atoms with Gasteiger partial charge in [-0.1, -0.05) is 19.4 Å². The highest BCUT2D eigenvalue weighted by atomic mass is 16.6. The largest absolute Gasteiger partial charge is 0.502 e. The first kappa shape index (κ1) is 14.4. The van der Waals surface area contributed by atoms with Crippen molar-refractivity contribution < 1.29 is 14.6 Å². The molecule has 0 aromatic heterocycles. The molecule has 0 heterocycles. The Hall–Kier alpha value is -1.71. The fourth-order valence-corrected chi connectivity index (χ4v) is 1.63. The molecule has 4 heteroatoms. The Labute approximate surface area is 108 Å². The summed E-state index contributed by atoms with van der Waals surface area (Å²) in [6.45, 7) is 7.52. The van der Waals surface area contributed by atoms with Crippen LogP contribution in [0.2, 0.25) is 0 Å². The van der Waals surface area contributed by atoms with Crippen LogP contribution in [0, 0.1) is 0 Å². The van der Waals surface area contributed by atoms with Gasteiger partial charge in [-0.2, -0.15) is 0 Å². The average Bonchev–Trinajstić information content (AvgIpc) is 2.27. The van der Waals surface area contributed by atoms with Crippen molar-refractivity contribution in [1.29, 1.82) is 0 Å². The molecular formula is C14H20N2O2. The molecule has 98 valence electrons. The fraction of sp³-hybridized carbons (Fsp3) is 0.500. The van der Waals surface area contributed by atoms with Crippen LogP contribution in [-0.2, 0) is 11.2 Å². The van der Waals surface area contributed by atoms with E-state index in [1.54, 1.807) is 12.1 Å². The zero-order valence-corrected chi connectivity index (χ0v) is 11.4. The number of hydrogen-bond donors (Lipinski definition) is 1. The van der Waals surface area contributed by atoms with Crippen molar-refractivity contribution in [3.05, 3.63) is 34.9 Å². The van der Waals surface area contributed by atoms with Crippen molar-refractivity contribution in [2.45, 2.75) is 46.1 Å². The van der Waals surface area contributed by atoms with Gasteiger partial charge in [0, 0.05) is 11.6 Å². The van der Waals surface area contributed by atoms with Crippen LogP contribution in [0.15, 0.2) is 18.2 Å². The lowest BCUT2D eigenvalue weighted by Crippen LogP contribution is -2.55. The van der Waals surface area contributed by atoms with Gasteiger partial charge in [-0.25, -0.2) is 4.79 Å². The van der Waals surface area contributed by atoms with Crippen molar-refractivity contribution in [3.63, 3.8) is 0 Å². The van der Waals surface area contributed by atoms with Gasteiger partial charge in [-0.15, -0.1) is 0 Å². The number of ether oxygens (including phenoxy) is 1. The lowest BCUT2D eigenvalue weighted by Gasteiger charge is -2.19. The Morgan fingerprint density at radius 3 is 2.56 bits per heavy atom. The third-order valence-electron chi connectivity index (χ3n) is 2.38. The molecule has 1 rings (SSSR count). The van der Waals surface area contributed by atoms with Gasteiger partial charge in [-0.3, -0.25) is 5.11 Å². The number of esters is 1. The predicted octanol–water partition coefficient (Wildman–Crippen LogP) is 2.33. The molecule has 0 aliphatic rings. The standard InChI is InChI=1S/C14H20N2O2/c1-5-6-10-7-8-11(9-12(10)16-15)13(17)18-14(2,3)4/h7-9,16H,5-6H2,1-4H3. The van der Waals surface area contributed by atoms with Gasteiger partial charge in [0.2, 0.25) is 0 Å². The molecule has 0 fully saturated rings. The second-order valence-electron chi connectivity index (χ2n) is 5.24. The Morgan fingerprint density at radius 1 is 1.39 bits per heavy atom. The summed E-state index contributed by atoms with van der Waals surface area (Å²) < 4.78 is 5.27. The highest BCUT2D eigenvalue weighted by Gasteiger charge is 2.19. The highest BCUT2D eigenvalue weighted by molar-refractivity contribution is 5.90. The summed E-state index contributed by atoms with van der Waals surface area (Å²) in [7, 11) is 0. The number of carbonyl (C=O) groups excluding carboxylic acids is 1. The smallest absolute Gasteiger partial charge is 0.338 e. The average molecular weight is 248 g/mol. The van der Waals surface area contributed by atoms with Crippen LogP contribution in [0.3, 0.4) is 0 Å². The molecule has 0 aliphatic carbocycles. The molecule has 18 heavy (non-hydrogen) atoms. The molecule has 0 aliphatic heterocycles. The Balaban J connectivity index is 2.98. The summed E-state index contributed by atoms with van der Waals surface area (Å²) >= 11 is 0. The van der Waals surface area contributed by atoms with E-state index >= 15 is 0 Å². The maximum Gasteiger partial charge on any atom is 0.338 e. The van der Waals surface area contributed by atoms with E-state index in [1.165, 1.54) is 0 Å². The summed E-state index contributed by atoms with van der Waals surface area (Å²) in [5.41, 5.74) is 10.5. The van der Waals surface area contributed by atoms with Crippen molar-refractivity contribution in [2.75, 3.05) is 0 Å². The monoisotopic (exact) mass is 248 g/mol. The van der Waals surface area contributed by atoms with Crippen LogP contribution in [-0.4, -0.2) is 11.6 Å². The van der Waals surface area contributed by atoms with E-state index in [9.17, 15) is 4.79 Å². The van der Waals surface area contributed by atoms with E-state index in [4.69, 9.17) is 10.3 Å². The van der Waals surface area contributed by atoms with Crippen LogP contribution in [0.1, 0.15) is 50.0 Å².